The summed E-state index contributed by atoms with van der Waals surface area (Å²) < 4.78 is 0. The maximum Gasteiger partial charge on any atom is 0.0558 e. The van der Waals surface area contributed by atoms with Crippen molar-refractivity contribution in [3.05, 3.63) is 0 Å². The van der Waals surface area contributed by atoms with Gasteiger partial charge in [0.25, 0.3) is 0 Å². The Hall–Kier alpha value is -0.160. The van der Waals surface area contributed by atoms with Crippen LogP contribution in [0.3, 0.4) is 0 Å². The molecule has 0 aliphatic rings. The van der Waals surface area contributed by atoms with Crippen LogP contribution in [-0.4, -0.2) is 59.2 Å². The molecule has 4 nitrogen and oxygen atoms in total. The van der Waals surface area contributed by atoms with E-state index < -0.39 is 0 Å². The van der Waals surface area contributed by atoms with Gasteiger partial charge >= 0.3 is 0 Å². The molecule has 3 N–H and O–H groups in total. The first kappa shape index (κ1) is 23.8. The fraction of sp³-hybridized carbons (Fsp3) is 1.00. The molecule has 0 bridgehead atoms. The first-order valence-corrected chi connectivity index (χ1v) is 10.4. The number of nitrogens with zero attached hydrogens (tertiary/aromatic N) is 1. The monoisotopic (exact) mass is 345 g/mol. The van der Waals surface area contributed by atoms with Gasteiger partial charge in [0.1, 0.15) is 0 Å². The SMILES string of the molecule is CCCCCCCCCCCCCC(O)CCN(CCO)CCO. The fourth-order valence-electron chi connectivity index (χ4n) is 3.14. The second-order valence-electron chi connectivity index (χ2n) is 7.06. The van der Waals surface area contributed by atoms with Gasteiger partial charge in [-0.3, -0.25) is 4.90 Å². The summed E-state index contributed by atoms with van der Waals surface area (Å²) in [7, 11) is 0. The third-order valence-electron chi connectivity index (χ3n) is 4.75. The number of rotatable bonds is 19. The van der Waals surface area contributed by atoms with Crippen molar-refractivity contribution in [2.24, 2.45) is 0 Å². The molecule has 4 heteroatoms. The first-order chi connectivity index (χ1) is 11.7. The molecule has 0 heterocycles. The molecule has 146 valence electrons. The largest absolute Gasteiger partial charge is 0.395 e. The standard InChI is InChI=1S/C20H43NO3/c1-2-3-4-5-6-7-8-9-10-11-12-13-20(24)14-15-21(16-18-22)17-19-23/h20,22-24H,2-19H2,1H3. The van der Waals surface area contributed by atoms with Crippen molar-refractivity contribution in [3.8, 4) is 0 Å². The molecule has 0 saturated heterocycles. The van der Waals surface area contributed by atoms with E-state index in [-0.39, 0.29) is 19.3 Å². The molecular weight excluding hydrogens is 302 g/mol. The molecule has 0 fully saturated rings. The van der Waals surface area contributed by atoms with E-state index in [4.69, 9.17) is 10.2 Å². The molecule has 0 aromatic rings. The van der Waals surface area contributed by atoms with Crippen LogP contribution < -0.4 is 0 Å². The molecule has 1 unspecified atom stereocenters. The maximum absolute atomic E-state index is 10.0. The zero-order chi connectivity index (χ0) is 17.9. The summed E-state index contributed by atoms with van der Waals surface area (Å²) in [6.45, 7) is 4.37. The number of aliphatic hydroxyl groups excluding tert-OH is 3. The van der Waals surface area contributed by atoms with E-state index in [1.165, 1.54) is 64.2 Å². The summed E-state index contributed by atoms with van der Waals surface area (Å²) in [5.41, 5.74) is 0. The van der Waals surface area contributed by atoms with Crippen LogP contribution in [0.2, 0.25) is 0 Å². The highest BCUT2D eigenvalue weighted by Crippen LogP contribution is 2.13. The Morgan fingerprint density at radius 2 is 1.08 bits per heavy atom. The van der Waals surface area contributed by atoms with E-state index in [1.807, 2.05) is 4.90 Å². The summed E-state index contributed by atoms with van der Waals surface area (Å²) in [6.07, 6.45) is 16.0. The first-order valence-electron chi connectivity index (χ1n) is 10.4. The van der Waals surface area contributed by atoms with Crippen molar-refractivity contribution in [1.82, 2.24) is 4.90 Å². The summed E-state index contributed by atoms with van der Waals surface area (Å²) in [5, 5.41) is 27.9. The molecule has 1 atom stereocenters. The van der Waals surface area contributed by atoms with Crippen molar-refractivity contribution < 1.29 is 15.3 Å². The lowest BCUT2D eigenvalue weighted by Gasteiger charge is -2.21. The Balaban J connectivity index is 3.34. The molecule has 0 aliphatic carbocycles. The molecule has 0 aromatic heterocycles. The van der Waals surface area contributed by atoms with Gasteiger partial charge in [-0.2, -0.15) is 0 Å². The summed E-state index contributed by atoms with van der Waals surface area (Å²) in [4.78, 5) is 2.00. The number of unbranched alkanes of at least 4 members (excludes halogenated alkanes) is 10. The van der Waals surface area contributed by atoms with E-state index in [0.717, 1.165) is 25.8 Å². The van der Waals surface area contributed by atoms with Crippen LogP contribution in [0.4, 0.5) is 0 Å². The molecule has 0 aromatic carbocycles. The molecule has 0 aliphatic heterocycles. The van der Waals surface area contributed by atoms with Crippen LogP contribution in [0.1, 0.15) is 90.4 Å². The Bertz CT molecular complexity index is 233. The lowest BCUT2D eigenvalue weighted by atomic mass is 10.0. The van der Waals surface area contributed by atoms with Gasteiger partial charge in [0.05, 0.1) is 19.3 Å². The second kappa shape index (κ2) is 19.2. The van der Waals surface area contributed by atoms with Gasteiger partial charge in [-0.25, -0.2) is 0 Å². The summed E-state index contributed by atoms with van der Waals surface area (Å²) in [6, 6.07) is 0. The summed E-state index contributed by atoms with van der Waals surface area (Å²) >= 11 is 0. The average Bonchev–Trinajstić information content (AvgIpc) is 2.58. The smallest absolute Gasteiger partial charge is 0.0558 e. The van der Waals surface area contributed by atoms with E-state index in [9.17, 15) is 5.11 Å². The van der Waals surface area contributed by atoms with Crippen molar-refractivity contribution in [2.75, 3.05) is 32.8 Å². The van der Waals surface area contributed by atoms with Crippen LogP contribution in [-0.2, 0) is 0 Å². The minimum Gasteiger partial charge on any atom is -0.395 e. The molecule has 0 spiro atoms. The number of aliphatic hydroxyl groups is 3. The molecule has 0 radical (unpaired) electrons. The molecular formula is C20H43NO3. The highest BCUT2D eigenvalue weighted by atomic mass is 16.3. The Morgan fingerprint density at radius 3 is 1.54 bits per heavy atom. The van der Waals surface area contributed by atoms with E-state index in [1.54, 1.807) is 0 Å². The van der Waals surface area contributed by atoms with Gasteiger partial charge in [-0.1, -0.05) is 77.6 Å². The average molecular weight is 346 g/mol. The highest BCUT2D eigenvalue weighted by Gasteiger charge is 2.08. The van der Waals surface area contributed by atoms with Crippen molar-refractivity contribution in [3.63, 3.8) is 0 Å². The van der Waals surface area contributed by atoms with Crippen molar-refractivity contribution in [1.29, 1.82) is 0 Å². The molecule has 24 heavy (non-hydrogen) atoms. The van der Waals surface area contributed by atoms with Gasteiger partial charge < -0.3 is 15.3 Å². The molecule has 0 saturated carbocycles. The van der Waals surface area contributed by atoms with E-state index in [2.05, 4.69) is 6.92 Å². The van der Waals surface area contributed by atoms with Crippen LogP contribution in [0.25, 0.3) is 0 Å². The Morgan fingerprint density at radius 1 is 0.625 bits per heavy atom. The number of hydrogen-bond acceptors (Lipinski definition) is 4. The predicted molar refractivity (Wildman–Crippen MR) is 102 cm³/mol. The lowest BCUT2D eigenvalue weighted by molar-refractivity contribution is 0.111. The van der Waals surface area contributed by atoms with Crippen LogP contribution in [0.5, 0.6) is 0 Å². The topological polar surface area (TPSA) is 63.9 Å². The zero-order valence-corrected chi connectivity index (χ0v) is 16.1. The third kappa shape index (κ3) is 16.7. The Labute approximate surface area is 150 Å². The minimum atomic E-state index is -0.247. The maximum atomic E-state index is 10.0. The number of hydrogen-bond donors (Lipinski definition) is 3. The fourth-order valence-corrected chi connectivity index (χ4v) is 3.14. The van der Waals surface area contributed by atoms with Gasteiger partial charge in [0, 0.05) is 19.6 Å². The van der Waals surface area contributed by atoms with Crippen LogP contribution in [0, 0.1) is 0 Å². The highest BCUT2D eigenvalue weighted by molar-refractivity contribution is 4.63. The van der Waals surface area contributed by atoms with Gasteiger partial charge in [0.2, 0.25) is 0 Å². The zero-order valence-electron chi connectivity index (χ0n) is 16.1. The minimum absolute atomic E-state index is 0.106. The van der Waals surface area contributed by atoms with Crippen LogP contribution in [0.15, 0.2) is 0 Å². The quantitative estimate of drug-likeness (QED) is 0.312. The normalized spacial score (nSPS) is 12.9. The molecule has 0 rings (SSSR count). The van der Waals surface area contributed by atoms with Crippen molar-refractivity contribution in [2.45, 2.75) is 96.5 Å². The third-order valence-corrected chi connectivity index (χ3v) is 4.75. The summed E-state index contributed by atoms with van der Waals surface area (Å²) in [5.74, 6) is 0. The predicted octanol–water partition coefficient (Wildman–Crippen LogP) is 3.73. The van der Waals surface area contributed by atoms with Gasteiger partial charge in [-0.15, -0.1) is 0 Å². The van der Waals surface area contributed by atoms with Crippen molar-refractivity contribution >= 4 is 0 Å². The van der Waals surface area contributed by atoms with E-state index in [0.29, 0.717) is 13.1 Å². The lowest BCUT2D eigenvalue weighted by Crippen LogP contribution is -2.32. The second-order valence-corrected chi connectivity index (χ2v) is 7.06. The van der Waals surface area contributed by atoms with E-state index >= 15 is 0 Å². The Kier molecular flexibility index (Phi) is 19.0. The van der Waals surface area contributed by atoms with Gasteiger partial charge in [0.15, 0.2) is 0 Å². The molecule has 0 amide bonds. The van der Waals surface area contributed by atoms with Gasteiger partial charge in [-0.05, 0) is 12.8 Å². The van der Waals surface area contributed by atoms with Crippen LogP contribution >= 0.6 is 0 Å².